The molecule has 4 rings (SSSR count). The number of halogens is 2. The van der Waals surface area contributed by atoms with Gasteiger partial charge in [0, 0.05) is 6.04 Å². The number of aliphatic hydroxyl groups excluding tert-OH is 1. The summed E-state index contributed by atoms with van der Waals surface area (Å²) in [5.41, 5.74) is 11.1. The second-order valence-corrected chi connectivity index (χ2v) is 7.78. The van der Waals surface area contributed by atoms with E-state index in [2.05, 4.69) is 20.3 Å². The molecule has 0 saturated heterocycles. The molecule has 6 N–H and O–H groups in total. The number of benzene rings is 1. The number of nitrogens with two attached hydrogens (primary N) is 2. The molecule has 12 heteroatoms. The van der Waals surface area contributed by atoms with Gasteiger partial charge in [-0.3, -0.25) is 9.36 Å². The third-order valence-corrected chi connectivity index (χ3v) is 5.50. The maximum absolute atomic E-state index is 13.9. The first kappa shape index (κ1) is 20.8. The maximum atomic E-state index is 13.9. The average Bonchev–Trinajstić information content (AvgIpc) is 2.66. The normalized spacial score (nSPS) is 18.9. The monoisotopic (exact) mass is 444 g/mol. The number of hydrogen-bond acceptors (Lipinski definition) is 9. The molecule has 1 aromatic carbocycles. The molecule has 0 unspecified atom stereocenters. The molecule has 0 aliphatic heterocycles. The molecule has 2 heterocycles. The highest BCUT2D eigenvalue weighted by atomic mass is 35.5. The van der Waals surface area contributed by atoms with Gasteiger partial charge < -0.3 is 21.9 Å². The third kappa shape index (κ3) is 3.60. The predicted octanol–water partition coefficient (Wildman–Crippen LogP) is 1.88. The maximum Gasteiger partial charge on any atom is 0.261 e. The lowest BCUT2D eigenvalue weighted by Gasteiger charge is -2.35. The number of nitrogens with zero attached hydrogens (tertiary/aromatic N) is 5. The van der Waals surface area contributed by atoms with Crippen molar-refractivity contribution in [2.45, 2.75) is 38.0 Å². The van der Waals surface area contributed by atoms with Gasteiger partial charge in [0.1, 0.15) is 29.1 Å². The summed E-state index contributed by atoms with van der Waals surface area (Å²) in [6.07, 6.45) is 0.172. The van der Waals surface area contributed by atoms with Gasteiger partial charge in [-0.1, -0.05) is 11.6 Å². The van der Waals surface area contributed by atoms with Gasteiger partial charge in [0.05, 0.1) is 28.1 Å². The average molecular weight is 445 g/mol. The van der Waals surface area contributed by atoms with Crippen LogP contribution < -0.4 is 22.3 Å². The van der Waals surface area contributed by atoms with E-state index in [9.17, 15) is 19.6 Å². The molecule has 0 spiro atoms. The Morgan fingerprint density at radius 3 is 2.71 bits per heavy atom. The van der Waals surface area contributed by atoms with Crippen LogP contribution in [0.25, 0.3) is 10.9 Å². The Kier molecular flexibility index (Phi) is 5.12. The Balaban J connectivity index is 1.88. The molecule has 1 fully saturated rings. The Morgan fingerprint density at radius 2 is 2.06 bits per heavy atom. The van der Waals surface area contributed by atoms with Crippen molar-refractivity contribution in [2.24, 2.45) is 0 Å². The molecule has 1 aliphatic carbocycles. The molecule has 0 amide bonds. The summed E-state index contributed by atoms with van der Waals surface area (Å²) in [5.74, 6) is -0.506. The number of aliphatic hydroxyl groups is 1. The minimum Gasteiger partial charge on any atom is -0.393 e. The SMILES string of the molecule is C[C@H](Nc1nc(N)nc(N)c1C#N)c1nc2c(Cl)cc(F)cc2c(=O)n1[C@H]1C[C@H](O)C1. The van der Waals surface area contributed by atoms with Crippen LogP contribution >= 0.6 is 11.6 Å². The molecule has 31 heavy (non-hydrogen) atoms. The minimum atomic E-state index is -0.656. The van der Waals surface area contributed by atoms with Gasteiger partial charge in [0.25, 0.3) is 5.56 Å². The van der Waals surface area contributed by atoms with Crippen molar-refractivity contribution in [1.82, 2.24) is 19.5 Å². The number of fused-ring (bicyclic) bond motifs is 1. The van der Waals surface area contributed by atoms with E-state index in [1.807, 2.05) is 6.07 Å². The highest BCUT2D eigenvalue weighted by molar-refractivity contribution is 6.35. The number of anilines is 3. The van der Waals surface area contributed by atoms with Crippen LogP contribution in [-0.4, -0.2) is 30.7 Å². The second kappa shape index (κ2) is 7.64. The Morgan fingerprint density at radius 1 is 1.35 bits per heavy atom. The fourth-order valence-corrected chi connectivity index (χ4v) is 3.90. The number of nitrogens with one attached hydrogen (secondary N) is 1. The van der Waals surface area contributed by atoms with Crippen LogP contribution in [0.1, 0.15) is 43.2 Å². The van der Waals surface area contributed by atoms with E-state index in [-0.39, 0.29) is 50.9 Å². The van der Waals surface area contributed by atoms with Crippen molar-refractivity contribution in [3.8, 4) is 6.07 Å². The van der Waals surface area contributed by atoms with E-state index >= 15 is 0 Å². The van der Waals surface area contributed by atoms with E-state index in [1.165, 1.54) is 4.57 Å². The lowest BCUT2D eigenvalue weighted by molar-refractivity contribution is 0.0454. The van der Waals surface area contributed by atoms with Crippen molar-refractivity contribution in [3.05, 3.63) is 44.7 Å². The smallest absolute Gasteiger partial charge is 0.261 e. The Bertz CT molecular complexity index is 1300. The summed E-state index contributed by atoms with van der Waals surface area (Å²) in [6.45, 7) is 1.70. The minimum absolute atomic E-state index is 0.00472. The van der Waals surface area contributed by atoms with Gasteiger partial charge in [-0.15, -0.1) is 0 Å². The zero-order valence-corrected chi connectivity index (χ0v) is 17.1. The van der Waals surface area contributed by atoms with Gasteiger partial charge in [-0.25, -0.2) is 9.37 Å². The molecular weight excluding hydrogens is 427 g/mol. The van der Waals surface area contributed by atoms with Crippen molar-refractivity contribution in [1.29, 1.82) is 5.26 Å². The summed E-state index contributed by atoms with van der Waals surface area (Å²) >= 11 is 6.16. The van der Waals surface area contributed by atoms with Gasteiger partial charge in [-0.2, -0.15) is 15.2 Å². The summed E-state index contributed by atoms with van der Waals surface area (Å²) in [6, 6.07) is 3.10. The van der Waals surface area contributed by atoms with Crippen LogP contribution in [0.3, 0.4) is 0 Å². The molecule has 0 bridgehead atoms. The standard InChI is InChI=1S/C19H18ClFN8O2/c1-7(25-16-12(6-22)15(23)27-19(24)28-16)17-26-14-11(2-8(21)3-13(14)20)18(31)29(17)9-4-10(30)5-9/h2-3,7,9-10,30H,4-5H2,1H3,(H5,23,24,25,27,28)/t7-,9-,10-/m0/s1. The predicted molar refractivity (Wildman–Crippen MR) is 113 cm³/mol. The number of rotatable bonds is 4. The number of aromatic nitrogens is 4. The quantitative estimate of drug-likeness (QED) is 0.469. The molecule has 10 nitrogen and oxygen atoms in total. The molecular formula is C19H18ClFN8O2. The van der Waals surface area contributed by atoms with Crippen LogP contribution in [0.4, 0.5) is 22.0 Å². The van der Waals surface area contributed by atoms with E-state index in [0.717, 1.165) is 12.1 Å². The first-order valence-corrected chi connectivity index (χ1v) is 9.76. The third-order valence-electron chi connectivity index (χ3n) is 5.21. The molecule has 2 aromatic heterocycles. The topological polar surface area (TPSA) is 169 Å². The molecule has 1 aliphatic rings. The van der Waals surface area contributed by atoms with Crippen LogP contribution in [-0.2, 0) is 0 Å². The first-order chi connectivity index (χ1) is 14.7. The van der Waals surface area contributed by atoms with Crippen LogP contribution in [0, 0.1) is 17.1 Å². The van der Waals surface area contributed by atoms with Gasteiger partial charge in [-0.05, 0) is 31.9 Å². The molecule has 0 radical (unpaired) electrons. The Hall–Kier alpha value is -3.49. The zero-order chi connectivity index (χ0) is 22.4. The van der Waals surface area contributed by atoms with E-state index < -0.39 is 23.5 Å². The first-order valence-electron chi connectivity index (χ1n) is 9.38. The fraction of sp³-hybridized carbons (Fsp3) is 0.316. The van der Waals surface area contributed by atoms with Crippen molar-refractivity contribution < 1.29 is 9.50 Å². The number of nitrogen functional groups attached to an aromatic ring is 2. The van der Waals surface area contributed by atoms with Gasteiger partial charge >= 0.3 is 0 Å². The molecule has 1 saturated carbocycles. The molecule has 160 valence electrons. The van der Waals surface area contributed by atoms with E-state index in [4.69, 9.17) is 23.1 Å². The van der Waals surface area contributed by atoms with E-state index in [0.29, 0.717) is 12.8 Å². The lowest BCUT2D eigenvalue weighted by Crippen LogP contribution is -2.40. The summed E-state index contributed by atoms with van der Waals surface area (Å²) in [4.78, 5) is 25.6. The van der Waals surface area contributed by atoms with Crippen LogP contribution in [0.2, 0.25) is 5.02 Å². The highest BCUT2D eigenvalue weighted by Gasteiger charge is 2.33. The van der Waals surface area contributed by atoms with Crippen molar-refractivity contribution in [3.63, 3.8) is 0 Å². The van der Waals surface area contributed by atoms with E-state index in [1.54, 1.807) is 6.92 Å². The van der Waals surface area contributed by atoms with Crippen LogP contribution in [0.5, 0.6) is 0 Å². The second-order valence-electron chi connectivity index (χ2n) is 7.38. The Labute approximate surface area is 180 Å². The van der Waals surface area contributed by atoms with Crippen molar-refractivity contribution >= 4 is 40.1 Å². The highest BCUT2D eigenvalue weighted by Crippen LogP contribution is 2.35. The fourth-order valence-electron chi connectivity index (χ4n) is 3.65. The van der Waals surface area contributed by atoms with Crippen LogP contribution in [0.15, 0.2) is 16.9 Å². The zero-order valence-electron chi connectivity index (χ0n) is 16.3. The van der Waals surface area contributed by atoms with Gasteiger partial charge in [0.2, 0.25) is 5.95 Å². The largest absolute Gasteiger partial charge is 0.393 e. The number of hydrogen-bond donors (Lipinski definition) is 4. The summed E-state index contributed by atoms with van der Waals surface area (Å²) < 4.78 is 15.3. The van der Waals surface area contributed by atoms with Gasteiger partial charge in [0.15, 0.2) is 5.82 Å². The lowest BCUT2D eigenvalue weighted by atomic mass is 9.89. The molecule has 3 aromatic rings. The van der Waals surface area contributed by atoms with Crippen molar-refractivity contribution in [2.75, 3.05) is 16.8 Å². The summed E-state index contributed by atoms with van der Waals surface area (Å²) in [5, 5.41) is 22.2. The summed E-state index contributed by atoms with van der Waals surface area (Å²) in [7, 11) is 0. The molecule has 1 atom stereocenters. The number of nitriles is 1.